The molecule has 2 aliphatic rings. The highest BCUT2D eigenvalue weighted by Crippen LogP contribution is 2.35. The number of ether oxygens (including phenoxy) is 1. The number of aromatic nitrogens is 3. The first-order valence-corrected chi connectivity index (χ1v) is 11.5. The van der Waals surface area contributed by atoms with Crippen LogP contribution in [0.4, 0.5) is 11.5 Å². The minimum Gasteiger partial charge on any atom is -0.378 e. The first-order chi connectivity index (χ1) is 14.5. The smallest absolute Gasteiger partial charge is 0.162 e. The summed E-state index contributed by atoms with van der Waals surface area (Å²) in [5.41, 5.74) is 8.78. The van der Waals surface area contributed by atoms with E-state index in [0.717, 1.165) is 68.8 Å². The zero-order chi connectivity index (χ0) is 21.1. The van der Waals surface area contributed by atoms with Gasteiger partial charge in [0.25, 0.3) is 0 Å². The predicted octanol–water partition coefficient (Wildman–Crippen LogP) is 3.37. The lowest BCUT2D eigenvalue weighted by Gasteiger charge is -2.44. The van der Waals surface area contributed by atoms with Crippen molar-refractivity contribution in [2.75, 3.05) is 42.6 Å². The molecule has 0 radical (unpaired) electrons. The summed E-state index contributed by atoms with van der Waals surface area (Å²) in [5.74, 6) is 0.931. The van der Waals surface area contributed by atoms with E-state index in [9.17, 15) is 0 Å². The summed E-state index contributed by atoms with van der Waals surface area (Å²) in [6.45, 7) is 11.3. The van der Waals surface area contributed by atoms with Crippen LogP contribution in [0.2, 0.25) is 0 Å². The van der Waals surface area contributed by atoms with E-state index in [1.807, 2.05) is 0 Å². The average molecular weight is 413 g/mol. The van der Waals surface area contributed by atoms with Crippen molar-refractivity contribution in [1.82, 2.24) is 15.4 Å². The SMILES string of the molecule is CCCC(C)(C)CCN(c1nnnc2cc(N3CCOCC3)ccc12)C1CCC1N. The van der Waals surface area contributed by atoms with Gasteiger partial charge >= 0.3 is 0 Å². The van der Waals surface area contributed by atoms with Gasteiger partial charge in [0.2, 0.25) is 0 Å². The normalized spacial score (nSPS) is 22.2. The van der Waals surface area contributed by atoms with E-state index in [2.05, 4.69) is 64.2 Å². The number of anilines is 2. The first kappa shape index (κ1) is 21.2. The number of nitrogens with two attached hydrogens (primary N) is 1. The molecular weight excluding hydrogens is 376 g/mol. The molecule has 1 saturated heterocycles. The Balaban J connectivity index is 1.63. The topological polar surface area (TPSA) is 80.4 Å². The number of benzene rings is 1. The number of morpholine rings is 1. The second-order valence-corrected chi connectivity index (χ2v) is 9.58. The van der Waals surface area contributed by atoms with Crippen molar-refractivity contribution in [3.8, 4) is 0 Å². The molecule has 1 aliphatic carbocycles. The maximum Gasteiger partial charge on any atom is 0.162 e. The Kier molecular flexibility index (Phi) is 6.39. The van der Waals surface area contributed by atoms with Crippen LogP contribution in [0, 0.1) is 5.41 Å². The van der Waals surface area contributed by atoms with Gasteiger partial charge in [0.15, 0.2) is 5.82 Å². The third-order valence-electron chi connectivity index (χ3n) is 6.81. The van der Waals surface area contributed by atoms with Gasteiger partial charge in [0.1, 0.15) is 5.52 Å². The van der Waals surface area contributed by atoms with Crippen molar-refractivity contribution in [2.24, 2.45) is 11.1 Å². The third-order valence-corrected chi connectivity index (χ3v) is 6.81. The fourth-order valence-electron chi connectivity index (χ4n) is 4.74. The van der Waals surface area contributed by atoms with Gasteiger partial charge in [-0.3, -0.25) is 0 Å². The highest BCUT2D eigenvalue weighted by Gasteiger charge is 2.35. The van der Waals surface area contributed by atoms with Gasteiger partial charge in [0, 0.05) is 42.8 Å². The summed E-state index contributed by atoms with van der Waals surface area (Å²) in [4.78, 5) is 4.76. The zero-order valence-corrected chi connectivity index (χ0v) is 18.7. The molecule has 2 N–H and O–H groups in total. The Morgan fingerprint density at radius 3 is 2.63 bits per heavy atom. The van der Waals surface area contributed by atoms with E-state index in [4.69, 9.17) is 10.5 Å². The van der Waals surface area contributed by atoms with Crippen LogP contribution in [0.1, 0.15) is 52.9 Å². The molecule has 164 valence electrons. The highest BCUT2D eigenvalue weighted by molar-refractivity contribution is 5.91. The van der Waals surface area contributed by atoms with Crippen LogP contribution in [0.15, 0.2) is 18.2 Å². The highest BCUT2D eigenvalue weighted by atomic mass is 16.5. The van der Waals surface area contributed by atoms with Gasteiger partial charge < -0.3 is 20.3 Å². The molecule has 0 bridgehead atoms. The standard InChI is InChI=1S/C23H36N6O/c1-4-9-23(2,3)10-11-29(21-8-7-19(21)24)22-18-6-5-17(16-20(18)25-27-26-22)28-12-14-30-15-13-28/h5-6,16,19,21H,4,7-15,24H2,1-3H3. The van der Waals surface area contributed by atoms with E-state index >= 15 is 0 Å². The molecule has 2 atom stereocenters. The lowest BCUT2D eigenvalue weighted by atomic mass is 9.82. The Labute approximate surface area is 180 Å². The molecule has 7 nitrogen and oxygen atoms in total. The lowest BCUT2D eigenvalue weighted by Crippen LogP contribution is -2.56. The Morgan fingerprint density at radius 2 is 1.97 bits per heavy atom. The average Bonchev–Trinajstić information content (AvgIpc) is 2.75. The van der Waals surface area contributed by atoms with Crippen LogP contribution < -0.4 is 15.5 Å². The molecule has 1 aromatic carbocycles. The fourth-order valence-corrected chi connectivity index (χ4v) is 4.74. The van der Waals surface area contributed by atoms with Crippen molar-refractivity contribution in [1.29, 1.82) is 0 Å². The minimum atomic E-state index is 0.205. The first-order valence-electron chi connectivity index (χ1n) is 11.5. The van der Waals surface area contributed by atoms with Crippen molar-refractivity contribution in [3.63, 3.8) is 0 Å². The van der Waals surface area contributed by atoms with E-state index < -0.39 is 0 Å². The Hall–Kier alpha value is -1.99. The van der Waals surface area contributed by atoms with E-state index in [1.54, 1.807) is 0 Å². The molecule has 0 amide bonds. The van der Waals surface area contributed by atoms with Crippen LogP contribution >= 0.6 is 0 Å². The van der Waals surface area contributed by atoms with Crippen molar-refractivity contribution >= 4 is 22.4 Å². The third kappa shape index (κ3) is 4.52. The summed E-state index contributed by atoms with van der Waals surface area (Å²) < 4.78 is 5.49. The molecule has 2 aromatic rings. The largest absolute Gasteiger partial charge is 0.378 e. The Morgan fingerprint density at radius 1 is 1.17 bits per heavy atom. The number of hydrogen-bond donors (Lipinski definition) is 1. The molecule has 2 fully saturated rings. The molecule has 7 heteroatoms. The van der Waals surface area contributed by atoms with Crippen LogP contribution in [0.5, 0.6) is 0 Å². The molecule has 1 saturated carbocycles. The predicted molar refractivity (Wildman–Crippen MR) is 122 cm³/mol. The van der Waals surface area contributed by atoms with Gasteiger partial charge in [-0.15, -0.1) is 10.2 Å². The van der Waals surface area contributed by atoms with E-state index in [1.165, 1.54) is 18.5 Å². The van der Waals surface area contributed by atoms with Crippen molar-refractivity contribution in [3.05, 3.63) is 18.2 Å². The molecule has 2 unspecified atom stereocenters. The molecule has 4 rings (SSSR count). The number of rotatable bonds is 8. The maximum atomic E-state index is 6.40. The number of nitrogens with zero attached hydrogens (tertiary/aromatic N) is 5. The Bertz CT molecular complexity index is 851. The molecule has 2 heterocycles. The quantitative estimate of drug-likeness (QED) is 0.712. The van der Waals surface area contributed by atoms with Gasteiger partial charge in [-0.25, -0.2) is 0 Å². The summed E-state index contributed by atoms with van der Waals surface area (Å²) >= 11 is 0. The van der Waals surface area contributed by atoms with Crippen LogP contribution in [-0.4, -0.2) is 60.3 Å². The van der Waals surface area contributed by atoms with Crippen molar-refractivity contribution < 1.29 is 4.74 Å². The lowest BCUT2D eigenvalue weighted by molar-refractivity contribution is 0.122. The van der Waals surface area contributed by atoms with Gasteiger partial charge in [-0.1, -0.05) is 27.2 Å². The summed E-state index contributed by atoms with van der Waals surface area (Å²) in [6.07, 6.45) is 5.74. The van der Waals surface area contributed by atoms with E-state index in [-0.39, 0.29) is 6.04 Å². The maximum absolute atomic E-state index is 6.40. The molecule has 0 spiro atoms. The summed E-state index contributed by atoms with van der Waals surface area (Å²) in [6, 6.07) is 7.02. The monoisotopic (exact) mass is 412 g/mol. The number of fused-ring (bicyclic) bond motifs is 1. The van der Waals surface area contributed by atoms with Gasteiger partial charge in [0.05, 0.1) is 13.2 Å². The summed E-state index contributed by atoms with van der Waals surface area (Å²) in [7, 11) is 0. The zero-order valence-electron chi connectivity index (χ0n) is 18.7. The molecular formula is C23H36N6O. The van der Waals surface area contributed by atoms with E-state index in [0.29, 0.717) is 11.5 Å². The van der Waals surface area contributed by atoms with Crippen LogP contribution in [-0.2, 0) is 4.74 Å². The second-order valence-electron chi connectivity index (χ2n) is 9.58. The minimum absolute atomic E-state index is 0.205. The van der Waals surface area contributed by atoms with Crippen LogP contribution in [0.25, 0.3) is 10.9 Å². The fraction of sp³-hybridized carbons (Fsp3) is 0.696. The van der Waals surface area contributed by atoms with Gasteiger partial charge in [-0.2, -0.15) is 0 Å². The molecule has 1 aliphatic heterocycles. The second kappa shape index (κ2) is 9.02. The molecule has 1 aromatic heterocycles. The summed E-state index contributed by atoms with van der Waals surface area (Å²) in [5, 5.41) is 14.1. The van der Waals surface area contributed by atoms with Crippen LogP contribution in [0.3, 0.4) is 0 Å². The van der Waals surface area contributed by atoms with Crippen molar-refractivity contribution in [2.45, 2.75) is 65.0 Å². The molecule has 30 heavy (non-hydrogen) atoms. The number of hydrogen-bond acceptors (Lipinski definition) is 7. The van der Waals surface area contributed by atoms with Gasteiger partial charge in [-0.05, 0) is 54.5 Å².